The fourth-order valence-electron chi connectivity index (χ4n) is 1.76. The van der Waals surface area contributed by atoms with Crippen molar-refractivity contribution in [2.24, 2.45) is 0 Å². The number of carboxylic acids is 1. The summed E-state index contributed by atoms with van der Waals surface area (Å²) >= 11 is 0. The smallest absolute Gasteiger partial charge is 0.411 e. The fourth-order valence-corrected chi connectivity index (χ4v) is 1.76. The molecule has 0 saturated heterocycles. The van der Waals surface area contributed by atoms with E-state index in [1.807, 2.05) is 0 Å². The molecular formula is C12H19NO4. The summed E-state index contributed by atoms with van der Waals surface area (Å²) in [5.41, 5.74) is -1.89. The zero-order chi connectivity index (χ0) is 13.3. The number of rotatable bonds is 2. The minimum atomic E-state index is -1.26. The molecule has 0 aliphatic heterocycles. The van der Waals surface area contributed by atoms with Crippen LogP contribution in [0.3, 0.4) is 0 Å². The van der Waals surface area contributed by atoms with E-state index in [2.05, 4.69) is 0 Å². The van der Waals surface area contributed by atoms with E-state index in [1.54, 1.807) is 32.9 Å². The third-order valence-corrected chi connectivity index (χ3v) is 2.72. The van der Waals surface area contributed by atoms with Crippen LogP contribution in [0.4, 0.5) is 4.79 Å². The molecule has 0 aromatic carbocycles. The van der Waals surface area contributed by atoms with Crippen molar-refractivity contribution in [2.45, 2.75) is 44.8 Å². The summed E-state index contributed by atoms with van der Waals surface area (Å²) in [6, 6.07) is 0. The van der Waals surface area contributed by atoms with Gasteiger partial charge >= 0.3 is 12.1 Å². The lowest BCUT2D eigenvalue weighted by Gasteiger charge is -2.34. The van der Waals surface area contributed by atoms with Crippen LogP contribution < -0.4 is 0 Å². The van der Waals surface area contributed by atoms with Crippen molar-refractivity contribution < 1.29 is 19.4 Å². The number of carbonyl (C=O) groups excluding carboxylic acids is 1. The van der Waals surface area contributed by atoms with Crippen LogP contribution in [0.2, 0.25) is 0 Å². The normalized spacial score (nSPS) is 23.5. The Bertz CT molecular complexity index is 356. The van der Waals surface area contributed by atoms with Crippen molar-refractivity contribution >= 4 is 12.1 Å². The van der Waals surface area contributed by atoms with Crippen molar-refractivity contribution in [3.05, 3.63) is 12.2 Å². The zero-order valence-electron chi connectivity index (χ0n) is 10.7. The van der Waals surface area contributed by atoms with E-state index in [-0.39, 0.29) is 0 Å². The molecule has 1 N–H and O–H groups in total. The second-order valence-electron chi connectivity index (χ2n) is 5.21. The average molecular weight is 241 g/mol. The first-order valence-electron chi connectivity index (χ1n) is 5.57. The molecule has 0 bridgehead atoms. The van der Waals surface area contributed by atoms with E-state index in [0.29, 0.717) is 12.8 Å². The summed E-state index contributed by atoms with van der Waals surface area (Å²) in [5, 5.41) is 9.28. The van der Waals surface area contributed by atoms with Gasteiger partial charge in [0.25, 0.3) is 0 Å². The molecular weight excluding hydrogens is 222 g/mol. The SMILES string of the molecule is CN(C(=O)OC(C)(C)C)C1(C(=O)O)C=CCC1. The third-order valence-electron chi connectivity index (χ3n) is 2.72. The summed E-state index contributed by atoms with van der Waals surface area (Å²) in [4.78, 5) is 24.4. The molecule has 1 aliphatic rings. The molecule has 5 heteroatoms. The van der Waals surface area contributed by atoms with Crippen molar-refractivity contribution in [3.8, 4) is 0 Å². The molecule has 0 fully saturated rings. The third kappa shape index (κ3) is 2.78. The van der Waals surface area contributed by atoms with Gasteiger partial charge in [-0.3, -0.25) is 4.90 Å². The van der Waals surface area contributed by atoms with Gasteiger partial charge < -0.3 is 9.84 Å². The number of carbonyl (C=O) groups is 2. The second kappa shape index (κ2) is 4.39. The van der Waals surface area contributed by atoms with E-state index in [0.717, 1.165) is 4.90 Å². The minimum Gasteiger partial charge on any atom is -0.479 e. The van der Waals surface area contributed by atoms with Gasteiger partial charge in [-0.05, 0) is 33.6 Å². The van der Waals surface area contributed by atoms with Gasteiger partial charge in [0.2, 0.25) is 0 Å². The Kier molecular flexibility index (Phi) is 3.50. The highest BCUT2D eigenvalue weighted by Crippen LogP contribution is 2.30. The highest BCUT2D eigenvalue weighted by atomic mass is 16.6. The number of allylic oxidation sites excluding steroid dienone is 1. The van der Waals surface area contributed by atoms with E-state index in [1.165, 1.54) is 7.05 Å². The Hall–Kier alpha value is -1.52. The Labute approximate surface area is 101 Å². The molecule has 0 radical (unpaired) electrons. The van der Waals surface area contributed by atoms with E-state index in [4.69, 9.17) is 4.74 Å². The number of hydrogen-bond acceptors (Lipinski definition) is 3. The lowest BCUT2D eigenvalue weighted by Crippen LogP contribution is -2.53. The number of aliphatic carboxylic acids is 1. The van der Waals surface area contributed by atoms with Crippen molar-refractivity contribution in [2.75, 3.05) is 7.05 Å². The van der Waals surface area contributed by atoms with Gasteiger partial charge in [-0.2, -0.15) is 0 Å². The van der Waals surface area contributed by atoms with Gasteiger partial charge in [-0.15, -0.1) is 0 Å². The number of carboxylic acid groups (broad SMARTS) is 1. The van der Waals surface area contributed by atoms with E-state index >= 15 is 0 Å². The first kappa shape index (κ1) is 13.5. The lowest BCUT2D eigenvalue weighted by atomic mass is 9.98. The Morgan fingerprint density at radius 3 is 2.35 bits per heavy atom. The molecule has 0 aromatic rings. The van der Waals surface area contributed by atoms with Crippen LogP contribution >= 0.6 is 0 Å². The number of likely N-dealkylation sites (N-methyl/N-ethyl adjacent to an activating group) is 1. The first-order valence-corrected chi connectivity index (χ1v) is 5.57. The van der Waals surface area contributed by atoms with Crippen LogP contribution in [0, 0.1) is 0 Å². The molecule has 1 rings (SSSR count). The molecule has 1 amide bonds. The van der Waals surface area contributed by atoms with Crippen molar-refractivity contribution in [3.63, 3.8) is 0 Å². The van der Waals surface area contributed by atoms with Gasteiger partial charge in [0, 0.05) is 7.05 Å². The maximum absolute atomic E-state index is 11.9. The second-order valence-corrected chi connectivity index (χ2v) is 5.21. The molecule has 0 aromatic heterocycles. The van der Waals surface area contributed by atoms with Crippen LogP contribution in [-0.2, 0) is 9.53 Å². The summed E-state index contributed by atoms with van der Waals surface area (Å²) < 4.78 is 5.18. The molecule has 0 saturated carbocycles. The van der Waals surface area contributed by atoms with Gasteiger partial charge in [0.05, 0.1) is 0 Å². The van der Waals surface area contributed by atoms with Gasteiger partial charge in [0.1, 0.15) is 5.60 Å². The Balaban J connectivity index is 2.87. The van der Waals surface area contributed by atoms with Gasteiger partial charge in [0.15, 0.2) is 5.54 Å². The van der Waals surface area contributed by atoms with Gasteiger partial charge in [-0.1, -0.05) is 12.2 Å². The quantitative estimate of drug-likeness (QED) is 0.751. The summed E-state index contributed by atoms with van der Waals surface area (Å²) in [5.74, 6) is -1.03. The minimum absolute atomic E-state index is 0.387. The molecule has 1 aliphatic carbocycles. The largest absolute Gasteiger partial charge is 0.479 e. The summed E-state index contributed by atoms with van der Waals surface area (Å²) in [7, 11) is 1.46. The van der Waals surface area contributed by atoms with Crippen molar-refractivity contribution in [1.29, 1.82) is 0 Å². The predicted molar refractivity (Wildman–Crippen MR) is 62.7 cm³/mol. The van der Waals surface area contributed by atoms with Crippen LogP contribution in [0.5, 0.6) is 0 Å². The van der Waals surface area contributed by atoms with Crippen LogP contribution in [-0.4, -0.2) is 40.3 Å². The molecule has 1 atom stereocenters. The molecule has 0 heterocycles. The Morgan fingerprint density at radius 1 is 1.41 bits per heavy atom. The molecule has 96 valence electrons. The number of ether oxygens (including phenoxy) is 1. The molecule has 17 heavy (non-hydrogen) atoms. The molecule has 1 unspecified atom stereocenters. The van der Waals surface area contributed by atoms with Crippen LogP contribution in [0.1, 0.15) is 33.6 Å². The van der Waals surface area contributed by atoms with E-state index in [9.17, 15) is 14.7 Å². The molecule has 5 nitrogen and oxygen atoms in total. The highest BCUT2D eigenvalue weighted by Gasteiger charge is 2.45. The maximum Gasteiger partial charge on any atom is 0.411 e. The highest BCUT2D eigenvalue weighted by molar-refractivity contribution is 5.87. The topological polar surface area (TPSA) is 66.8 Å². The standard InChI is InChI=1S/C12H19NO4/c1-11(2,3)17-10(16)13(4)12(9(14)15)7-5-6-8-12/h5,7H,6,8H2,1-4H3,(H,14,15). The number of nitrogens with zero attached hydrogens (tertiary/aromatic N) is 1. The first-order chi connectivity index (χ1) is 7.69. The van der Waals surface area contributed by atoms with Crippen LogP contribution in [0.15, 0.2) is 12.2 Å². The van der Waals surface area contributed by atoms with Crippen LogP contribution in [0.25, 0.3) is 0 Å². The fraction of sp³-hybridized carbons (Fsp3) is 0.667. The van der Waals surface area contributed by atoms with E-state index < -0.39 is 23.2 Å². The maximum atomic E-state index is 11.9. The zero-order valence-corrected chi connectivity index (χ0v) is 10.7. The predicted octanol–water partition coefficient (Wildman–Crippen LogP) is 2.03. The Morgan fingerprint density at radius 2 is 2.00 bits per heavy atom. The lowest BCUT2D eigenvalue weighted by molar-refractivity contribution is -0.147. The monoisotopic (exact) mass is 241 g/mol. The van der Waals surface area contributed by atoms with Crippen molar-refractivity contribution in [1.82, 2.24) is 4.90 Å². The van der Waals surface area contributed by atoms with Gasteiger partial charge in [-0.25, -0.2) is 9.59 Å². The number of amides is 1. The molecule has 0 spiro atoms. The summed E-state index contributed by atoms with van der Waals surface area (Å²) in [6.45, 7) is 5.24. The average Bonchev–Trinajstić information content (AvgIpc) is 2.63. The summed E-state index contributed by atoms with van der Waals surface area (Å²) in [6.07, 6.45) is 3.75. The number of hydrogen-bond donors (Lipinski definition) is 1.